The van der Waals surface area contributed by atoms with E-state index in [1.165, 1.54) is 0 Å². The minimum atomic E-state index is -5.40. The summed E-state index contributed by atoms with van der Waals surface area (Å²) in [6, 6.07) is 10.0. The molecular formula is C22H12N4Na4O13S4. The van der Waals surface area contributed by atoms with E-state index in [-0.39, 0.29) is 140 Å². The second-order valence-corrected chi connectivity index (χ2v) is 13.8. The van der Waals surface area contributed by atoms with E-state index in [0.29, 0.717) is 12.1 Å². The van der Waals surface area contributed by atoms with E-state index < -0.39 is 77.2 Å². The van der Waals surface area contributed by atoms with E-state index >= 15 is 0 Å². The molecule has 4 aromatic carbocycles. The molecular weight excluding hydrogens is 748 g/mol. The largest absolute Gasteiger partial charge is 1.00 e. The zero-order valence-electron chi connectivity index (χ0n) is 24.6. The molecule has 0 spiro atoms. The van der Waals surface area contributed by atoms with Crippen molar-refractivity contribution in [2.24, 2.45) is 20.5 Å². The summed E-state index contributed by atoms with van der Waals surface area (Å²) in [5.74, 6) is -1.24. The van der Waals surface area contributed by atoms with E-state index in [1.54, 1.807) is 0 Å². The third kappa shape index (κ3) is 11.9. The van der Waals surface area contributed by atoms with Crippen molar-refractivity contribution in [1.29, 1.82) is 0 Å². The van der Waals surface area contributed by atoms with Crippen LogP contribution in [0.2, 0.25) is 0 Å². The van der Waals surface area contributed by atoms with Gasteiger partial charge in [0.15, 0.2) is 5.75 Å². The van der Waals surface area contributed by atoms with Crippen molar-refractivity contribution in [3.63, 3.8) is 0 Å². The average Bonchev–Trinajstić information content (AvgIpc) is 2.89. The summed E-state index contributed by atoms with van der Waals surface area (Å²) in [5.41, 5.74) is -1.55. The van der Waals surface area contributed by atoms with Gasteiger partial charge in [0.1, 0.15) is 51.8 Å². The number of nitrogens with zero attached hydrogens (tertiary/aromatic N) is 4. The number of benzene rings is 4. The van der Waals surface area contributed by atoms with Gasteiger partial charge in [0.2, 0.25) is 0 Å². The van der Waals surface area contributed by atoms with Gasteiger partial charge in [0, 0.05) is 5.39 Å². The number of hydrogen-bond donors (Lipinski definition) is 1. The maximum Gasteiger partial charge on any atom is 1.00 e. The second-order valence-electron chi connectivity index (χ2n) is 8.32. The predicted octanol–water partition coefficient (Wildman–Crippen LogP) is -8.99. The van der Waals surface area contributed by atoms with Crippen molar-refractivity contribution >= 4 is 74.0 Å². The van der Waals surface area contributed by atoms with Crippen molar-refractivity contribution in [3.8, 4) is 5.75 Å². The molecule has 0 heterocycles. The summed E-state index contributed by atoms with van der Waals surface area (Å²) >= 11 is 0. The van der Waals surface area contributed by atoms with Gasteiger partial charge in [0.25, 0.3) is 0 Å². The van der Waals surface area contributed by atoms with E-state index in [1.807, 2.05) is 0 Å². The average molecular weight is 761 g/mol. The minimum Gasteiger partial charge on any atom is -0.744 e. The Labute approximate surface area is 356 Å². The maximum absolute atomic E-state index is 11.9. The molecule has 0 aliphatic carbocycles. The van der Waals surface area contributed by atoms with Crippen LogP contribution in [0, 0.1) is 0 Å². The number of azo groups is 2. The molecule has 0 saturated heterocycles. The SMILES string of the molecule is O=S(=O)([O-])c1ccc(N=Nc2ccc(N=Nc3c(O)c(S(=O)(=O)[O-])cc4cc(S(=O)(=O)[O-])ccc34)c(S(=O)(=O)[O-])c2)cc1.[Na+].[Na+].[Na+].[Na+]. The molecule has 0 fully saturated rings. The Morgan fingerprint density at radius 1 is 0.489 bits per heavy atom. The molecule has 0 unspecified atom stereocenters. The maximum atomic E-state index is 11.9. The van der Waals surface area contributed by atoms with Crippen molar-refractivity contribution in [1.82, 2.24) is 0 Å². The van der Waals surface area contributed by atoms with Crippen LogP contribution in [0.3, 0.4) is 0 Å². The molecule has 0 aliphatic heterocycles. The van der Waals surface area contributed by atoms with Crippen molar-refractivity contribution < 1.29 is 175 Å². The molecule has 17 nitrogen and oxygen atoms in total. The Bertz CT molecular complexity index is 2310. The fraction of sp³-hybridized carbons (Fsp3) is 0. The van der Waals surface area contributed by atoms with Gasteiger partial charge in [-0.25, -0.2) is 33.7 Å². The summed E-state index contributed by atoms with van der Waals surface area (Å²) < 4.78 is 138. The van der Waals surface area contributed by atoms with Crippen LogP contribution in [0.15, 0.2) is 107 Å². The quantitative estimate of drug-likeness (QED) is 0.0993. The predicted molar refractivity (Wildman–Crippen MR) is 139 cm³/mol. The molecule has 0 aromatic heterocycles. The van der Waals surface area contributed by atoms with Gasteiger partial charge in [-0.3, -0.25) is 0 Å². The third-order valence-corrected chi connectivity index (χ3v) is 8.85. The smallest absolute Gasteiger partial charge is 0.744 e. The minimum absolute atomic E-state index is 0. The molecule has 226 valence electrons. The van der Waals surface area contributed by atoms with Crippen molar-refractivity contribution in [2.75, 3.05) is 0 Å². The molecule has 0 atom stereocenters. The van der Waals surface area contributed by atoms with Crippen LogP contribution in [-0.2, 0) is 40.5 Å². The van der Waals surface area contributed by atoms with Gasteiger partial charge in [-0.05, 0) is 66.0 Å². The molecule has 0 aliphatic rings. The van der Waals surface area contributed by atoms with Gasteiger partial charge in [-0.2, -0.15) is 10.2 Å². The number of phenolic OH excluding ortho intramolecular Hbond substituents is 1. The van der Waals surface area contributed by atoms with E-state index in [9.17, 15) is 57.0 Å². The van der Waals surface area contributed by atoms with Crippen LogP contribution in [0.5, 0.6) is 5.75 Å². The molecule has 0 amide bonds. The second kappa shape index (κ2) is 17.8. The molecule has 0 radical (unpaired) electrons. The van der Waals surface area contributed by atoms with Gasteiger partial charge in [-0.1, -0.05) is 6.07 Å². The van der Waals surface area contributed by atoms with E-state index in [4.69, 9.17) is 0 Å². The Morgan fingerprint density at radius 3 is 1.49 bits per heavy atom. The first kappa shape index (κ1) is 46.8. The first-order valence-corrected chi connectivity index (χ1v) is 16.6. The Morgan fingerprint density at radius 2 is 0.979 bits per heavy atom. The Kier molecular flexibility index (Phi) is 17.7. The number of fused-ring (bicyclic) bond motifs is 1. The molecule has 1 N–H and O–H groups in total. The van der Waals surface area contributed by atoms with Crippen LogP contribution < -0.4 is 118 Å². The van der Waals surface area contributed by atoms with Crippen LogP contribution in [0.1, 0.15) is 0 Å². The van der Waals surface area contributed by atoms with Gasteiger partial charge in [-0.15, -0.1) is 10.2 Å². The molecule has 4 aromatic rings. The number of rotatable bonds is 8. The zero-order chi connectivity index (χ0) is 32.0. The van der Waals surface area contributed by atoms with Gasteiger partial charge >= 0.3 is 118 Å². The normalized spacial score (nSPS) is 12.2. The Balaban J connectivity index is 0.00000529. The van der Waals surface area contributed by atoms with Crippen LogP contribution in [0.25, 0.3) is 10.8 Å². The van der Waals surface area contributed by atoms with Crippen LogP contribution in [0.4, 0.5) is 22.7 Å². The molecule has 25 heteroatoms. The summed E-state index contributed by atoms with van der Waals surface area (Å²) in [6.07, 6.45) is 0. The molecule has 4 rings (SSSR count). The molecule has 47 heavy (non-hydrogen) atoms. The first-order valence-electron chi connectivity index (χ1n) is 11.0. The molecule has 0 saturated carbocycles. The van der Waals surface area contributed by atoms with Crippen LogP contribution >= 0.6 is 0 Å². The fourth-order valence-electron chi connectivity index (χ4n) is 3.52. The van der Waals surface area contributed by atoms with Crippen molar-refractivity contribution in [3.05, 3.63) is 66.7 Å². The number of phenols is 1. The zero-order valence-corrected chi connectivity index (χ0v) is 35.9. The van der Waals surface area contributed by atoms with Crippen LogP contribution in [-0.4, -0.2) is 57.0 Å². The summed E-state index contributed by atoms with van der Waals surface area (Å²) in [7, 11) is -20.4. The van der Waals surface area contributed by atoms with Crippen molar-refractivity contribution in [2.45, 2.75) is 19.6 Å². The summed E-state index contributed by atoms with van der Waals surface area (Å²) in [5, 5.41) is 24.6. The number of aromatic hydroxyl groups is 1. The summed E-state index contributed by atoms with van der Waals surface area (Å²) in [4.78, 5) is -3.60. The standard InChI is InChI=1S/C22H16N4O13S4.4Na/c27-22-20(43(37,38)39)10-12-9-16(41(31,32)33)6-7-17(12)21(22)26-25-18-8-3-14(11-19(18)42(34,35)36)24-23-13-1-4-15(5-2-13)40(28,29)30;;;;/h1-11,27H,(H,28,29,30)(H,31,32,33)(H,34,35,36)(H,37,38,39);;;;/q;4*+1/p-4. The Hall–Kier alpha value is -0.220. The first-order chi connectivity index (χ1) is 19.7. The van der Waals surface area contributed by atoms with E-state index in [2.05, 4.69) is 20.5 Å². The molecule has 0 bridgehead atoms. The third-order valence-electron chi connectivity index (χ3n) is 5.46. The van der Waals surface area contributed by atoms with E-state index in [0.717, 1.165) is 54.6 Å². The van der Waals surface area contributed by atoms with Gasteiger partial charge < -0.3 is 23.3 Å². The number of hydrogen-bond acceptors (Lipinski definition) is 17. The topological polar surface area (TPSA) is 298 Å². The summed E-state index contributed by atoms with van der Waals surface area (Å²) in [6.45, 7) is 0. The monoisotopic (exact) mass is 760 g/mol. The fourth-order valence-corrected chi connectivity index (χ4v) is 5.73. The van der Waals surface area contributed by atoms with Gasteiger partial charge in [0.05, 0.1) is 31.0 Å².